The van der Waals surface area contributed by atoms with Crippen LogP contribution >= 0.6 is 0 Å². The molecule has 0 unspecified atom stereocenters. The molecule has 0 amide bonds. The van der Waals surface area contributed by atoms with E-state index in [0.29, 0.717) is 12.1 Å². The highest BCUT2D eigenvalue weighted by Crippen LogP contribution is 2.19. The lowest BCUT2D eigenvalue weighted by atomic mass is 10.2. The van der Waals surface area contributed by atoms with Crippen LogP contribution in [-0.4, -0.2) is 32.6 Å². The number of rotatable bonds is 6. The quantitative estimate of drug-likeness (QED) is 0.711. The van der Waals surface area contributed by atoms with E-state index in [1.807, 2.05) is 0 Å². The van der Waals surface area contributed by atoms with E-state index in [1.54, 1.807) is 20.8 Å². The number of anilines is 1. The Labute approximate surface area is 166 Å². The summed E-state index contributed by atoms with van der Waals surface area (Å²) in [5, 5.41) is 0. The Hall–Kier alpha value is -3.01. The average molecular weight is 427 g/mol. The van der Waals surface area contributed by atoms with Gasteiger partial charge in [-0.2, -0.15) is 0 Å². The van der Waals surface area contributed by atoms with Gasteiger partial charge in [0.05, 0.1) is 10.5 Å². The number of carbonyl (C=O) groups excluding carboxylic acids is 2. The Balaban J connectivity index is 2.09. The summed E-state index contributed by atoms with van der Waals surface area (Å²) in [7, 11) is -4.22. The number of sulfonamides is 1. The molecule has 0 aliphatic rings. The van der Waals surface area contributed by atoms with Crippen LogP contribution in [0.15, 0.2) is 47.4 Å². The lowest BCUT2D eigenvalue weighted by Gasteiger charge is -2.19. The number of carbonyl (C=O) groups is 2. The molecule has 0 aromatic heterocycles. The van der Waals surface area contributed by atoms with Crippen molar-refractivity contribution >= 4 is 27.6 Å². The minimum atomic E-state index is -4.22. The van der Waals surface area contributed by atoms with Gasteiger partial charge < -0.3 is 9.47 Å². The largest absolute Gasteiger partial charge is 0.457 e. The first-order valence-electron chi connectivity index (χ1n) is 8.34. The molecular formula is C19H19F2NO6S. The van der Waals surface area contributed by atoms with E-state index in [9.17, 15) is 26.8 Å². The number of hydrogen-bond acceptors (Lipinski definition) is 6. The van der Waals surface area contributed by atoms with E-state index >= 15 is 0 Å². The first-order chi connectivity index (χ1) is 13.4. The van der Waals surface area contributed by atoms with Crippen LogP contribution in [0.3, 0.4) is 0 Å². The highest BCUT2D eigenvalue weighted by atomic mass is 32.2. The normalized spacial score (nSPS) is 11.6. The predicted octanol–water partition coefficient (Wildman–Crippen LogP) is 3.26. The standard InChI is InChI=1S/C19H19F2NO6S/c1-19(2,3)28-17(23)11-27-18(24)12-5-4-6-13(9-12)22-29(25,26)14-7-8-15(20)16(21)10-14/h4-10,22H,11H2,1-3H3. The summed E-state index contributed by atoms with van der Waals surface area (Å²) >= 11 is 0. The maximum atomic E-state index is 13.3. The molecule has 0 spiro atoms. The highest BCUT2D eigenvalue weighted by Gasteiger charge is 2.20. The van der Waals surface area contributed by atoms with Gasteiger partial charge in [0.1, 0.15) is 5.60 Å². The van der Waals surface area contributed by atoms with E-state index in [0.717, 1.165) is 6.07 Å². The maximum Gasteiger partial charge on any atom is 0.344 e. The molecule has 29 heavy (non-hydrogen) atoms. The molecule has 156 valence electrons. The van der Waals surface area contributed by atoms with Crippen molar-refractivity contribution in [2.75, 3.05) is 11.3 Å². The highest BCUT2D eigenvalue weighted by molar-refractivity contribution is 7.92. The Kier molecular flexibility index (Phi) is 6.58. The number of ether oxygens (including phenoxy) is 2. The first kappa shape index (κ1) is 22.3. The molecule has 2 aromatic carbocycles. The number of hydrogen-bond donors (Lipinski definition) is 1. The van der Waals surface area contributed by atoms with Gasteiger partial charge in [-0.1, -0.05) is 6.07 Å². The molecule has 0 bridgehead atoms. The van der Waals surface area contributed by atoms with Gasteiger partial charge in [0.2, 0.25) is 0 Å². The fourth-order valence-electron chi connectivity index (χ4n) is 2.15. The molecule has 0 aliphatic heterocycles. The van der Waals surface area contributed by atoms with E-state index < -0.39 is 50.7 Å². The van der Waals surface area contributed by atoms with Gasteiger partial charge in [-0.15, -0.1) is 0 Å². The van der Waals surface area contributed by atoms with Gasteiger partial charge in [-0.3, -0.25) is 4.72 Å². The third-order valence-electron chi connectivity index (χ3n) is 3.29. The topological polar surface area (TPSA) is 98.8 Å². The van der Waals surface area contributed by atoms with Gasteiger partial charge >= 0.3 is 11.9 Å². The lowest BCUT2D eigenvalue weighted by molar-refractivity contribution is -0.158. The van der Waals surface area contributed by atoms with E-state index in [2.05, 4.69) is 4.72 Å². The second kappa shape index (κ2) is 8.56. The Morgan fingerprint density at radius 2 is 1.72 bits per heavy atom. The third kappa shape index (κ3) is 6.53. The fourth-order valence-corrected chi connectivity index (χ4v) is 3.21. The third-order valence-corrected chi connectivity index (χ3v) is 4.67. The Morgan fingerprint density at radius 1 is 1.03 bits per heavy atom. The van der Waals surface area contributed by atoms with Crippen molar-refractivity contribution in [3.63, 3.8) is 0 Å². The van der Waals surface area contributed by atoms with Crippen LogP contribution in [0, 0.1) is 11.6 Å². The molecule has 2 rings (SSSR count). The van der Waals surface area contributed by atoms with Crippen LogP contribution in [0.25, 0.3) is 0 Å². The molecule has 1 N–H and O–H groups in total. The van der Waals surface area contributed by atoms with Crippen molar-refractivity contribution in [3.05, 3.63) is 59.7 Å². The van der Waals surface area contributed by atoms with Crippen molar-refractivity contribution in [3.8, 4) is 0 Å². The predicted molar refractivity (Wildman–Crippen MR) is 99.7 cm³/mol. The lowest BCUT2D eigenvalue weighted by Crippen LogP contribution is -2.27. The zero-order chi connectivity index (χ0) is 21.8. The summed E-state index contributed by atoms with van der Waals surface area (Å²) in [6.45, 7) is 4.38. The van der Waals surface area contributed by atoms with Gasteiger partial charge in [-0.05, 0) is 57.2 Å². The summed E-state index contributed by atoms with van der Waals surface area (Å²) in [6.07, 6.45) is 0. The number of benzene rings is 2. The van der Waals surface area contributed by atoms with Gasteiger partial charge in [-0.25, -0.2) is 26.8 Å². The Morgan fingerprint density at radius 3 is 2.34 bits per heavy atom. The average Bonchev–Trinajstić information content (AvgIpc) is 2.60. The second-order valence-electron chi connectivity index (χ2n) is 6.92. The van der Waals surface area contributed by atoms with Gasteiger partial charge in [0, 0.05) is 5.69 Å². The number of esters is 2. The molecule has 0 heterocycles. The van der Waals surface area contributed by atoms with E-state index in [1.165, 1.54) is 24.3 Å². The van der Waals surface area contributed by atoms with E-state index in [-0.39, 0.29) is 11.3 Å². The molecular weight excluding hydrogens is 408 g/mol. The molecule has 2 aromatic rings. The van der Waals surface area contributed by atoms with Crippen molar-refractivity contribution in [2.45, 2.75) is 31.3 Å². The smallest absolute Gasteiger partial charge is 0.344 e. The molecule has 0 aliphatic carbocycles. The van der Waals surface area contributed by atoms with Crippen molar-refractivity contribution in [1.29, 1.82) is 0 Å². The molecule has 0 atom stereocenters. The van der Waals surface area contributed by atoms with Crippen LogP contribution in [0.5, 0.6) is 0 Å². The SMILES string of the molecule is CC(C)(C)OC(=O)COC(=O)c1cccc(NS(=O)(=O)c2ccc(F)c(F)c2)c1. The minimum Gasteiger partial charge on any atom is -0.457 e. The van der Waals surface area contributed by atoms with Crippen molar-refractivity contribution in [2.24, 2.45) is 0 Å². The van der Waals surface area contributed by atoms with Crippen LogP contribution in [0.4, 0.5) is 14.5 Å². The zero-order valence-electron chi connectivity index (χ0n) is 15.9. The van der Waals surface area contributed by atoms with Gasteiger partial charge in [0.15, 0.2) is 18.2 Å². The molecule has 7 nitrogen and oxygen atoms in total. The van der Waals surface area contributed by atoms with Crippen LogP contribution in [-0.2, 0) is 24.3 Å². The zero-order valence-corrected chi connectivity index (χ0v) is 16.7. The van der Waals surface area contributed by atoms with Gasteiger partial charge in [0.25, 0.3) is 10.0 Å². The van der Waals surface area contributed by atoms with Crippen LogP contribution in [0.1, 0.15) is 31.1 Å². The van der Waals surface area contributed by atoms with Crippen LogP contribution in [0.2, 0.25) is 0 Å². The van der Waals surface area contributed by atoms with Crippen LogP contribution < -0.4 is 4.72 Å². The number of halogens is 2. The first-order valence-corrected chi connectivity index (χ1v) is 9.82. The number of nitrogens with one attached hydrogen (secondary N) is 1. The minimum absolute atomic E-state index is 0.0125. The molecule has 10 heteroatoms. The summed E-state index contributed by atoms with van der Waals surface area (Å²) in [4.78, 5) is 23.2. The van der Waals surface area contributed by atoms with Crippen molar-refractivity contribution in [1.82, 2.24) is 0 Å². The summed E-state index contributed by atoms with van der Waals surface area (Å²) in [6, 6.07) is 7.39. The monoisotopic (exact) mass is 427 g/mol. The van der Waals surface area contributed by atoms with E-state index in [4.69, 9.17) is 9.47 Å². The Bertz CT molecular complexity index is 1030. The second-order valence-corrected chi connectivity index (χ2v) is 8.61. The fraction of sp³-hybridized carbons (Fsp3) is 0.263. The summed E-state index contributed by atoms with van der Waals surface area (Å²) in [5.74, 6) is -4.10. The van der Waals surface area contributed by atoms with Crippen molar-refractivity contribution < 1.29 is 36.3 Å². The summed E-state index contributed by atoms with van der Waals surface area (Å²) < 4.78 is 63.0. The molecule has 0 saturated carbocycles. The molecule has 0 radical (unpaired) electrons. The summed E-state index contributed by atoms with van der Waals surface area (Å²) in [5.41, 5.74) is -0.776. The maximum absolute atomic E-state index is 13.3. The molecule has 0 fully saturated rings. The molecule has 0 saturated heterocycles.